The molecule has 30 heavy (non-hydrogen) atoms. The predicted octanol–water partition coefficient (Wildman–Crippen LogP) is 3.29. The summed E-state index contributed by atoms with van der Waals surface area (Å²) < 4.78 is 27.3. The Kier molecular flexibility index (Phi) is 5.38. The van der Waals surface area contributed by atoms with Crippen molar-refractivity contribution in [2.45, 2.75) is 39.2 Å². The maximum absolute atomic E-state index is 13.6. The van der Waals surface area contributed by atoms with Gasteiger partial charge < -0.3 is 10.0 Å². The van der Waals surface area contributed by atoms with Crippen molar-refractivity contribution in [3.05, 3.63) is 35.4 Å². The van der Waals surface area contributed by atoms with Gasteiger partial charge in [-0.3, -0.25) is 9.59 Å². The van der Waals surface area contributed by atoms with Gasteiger partial charge in [0.25, 0.3) is 0 Å². The molecule has 0 spiro atoms. The summed E-state index contributed by atoms with van der Waals surface area (Å²) in [4.78, 5) is 26.8. The van der Waals surface area contributed by atoms with Crippen LogP contribution in [-0.2, 0) is 9.59 Å². The van der Waals surface area contributed by atoms with Gasteiger partial charge in [0.2, 0.25) is 5.91 Å². The Bertz CT molecular complexity index is 854. The molecule has 1 aromatic carbocycles. The predicted molar refractivity (Wildman–Crippen MR) is 107 cm³/mol. The minimum atomic E-state index is -0.806. The third-order valence-corrected chi connectivity index (χ3v) is 6.70. The Labute approximate surface area is 174 Å². The van der Waals surface area contributed by atoms with Gasteiger partial charge in [0.1, 0.15) is 11.6 Å². The van der Waals surface area contributed by atoms with Crippen molar-refractivity contribution >= 4 is 18.1 Å². The molecule has 3 aliphatic rings. The maximum Gasteiger partial charge on any atom is 0.310 e. The highest BCUT2D eigenvalue weighted by Crippen LogP contribution is 2.44. The van der Waals surface area contributed by atoms with Gasteiger partial charge >= 0.3 is 5.97 Å². The Morgan fingerprint density at radius 2 is 1.73 bits per heavy atom. The number of likely N-dealkylation sites (tertiary alicyclic amines) is 1. The molecule has 1 aliphatic carbocycles. The van der Waals surface area contributed by atoms with Gasteiger partial charge in [0, 0.05) is 44.3 Å². The van der Waals surface area contributed by atoms with Gasteiger partial charge in [-0.25, -0.2) is 13.8 Å². The monoisotopic (exact) mass is 419 g/mol. The number of nitrogens with zero attached hydrogens (tertiary/aromatic N) is 3. The molecule has 1 amide bonds. The largest absolute Gasteiger partial charge is 0.481 e. The molecule has 3 unspecified atom stereocenters. The number of carbonyl (C=O) groups is 2. The Hall–Kier alpha value is -2.35. The molecular formula is C22H27F2N3O3. The lowest BCUT2D eigenvalue weighted by molar-refractivity contribution is -0.147. The summed E-state index contributed by atoms with van der Waals surface area (Å²) in [5.74, 6) is -1.66. The highest BCUT2D eigenvalue weighted by Gasteiger charge is 2.46. The van der Waals surface area contributed by atoms with Gasteiger partial charge in [0.05, 0.1) is 11.5 Å². The van der Waals surface area contributed by atoms with E-state index in [-0.39, 0.29) is 11.8 Å². The van der Waals surface area contributed by atoms with Crippen LogP contribution < -0.4 is 0 Å². The topological polar surface area (TPSA) is 73.2 Å². The van der Waals surface area contributed by atoms with Gasteiger partial charge in [-0.05, 0) is 56.2 Å². The zero-order valence-electron chi connectivity index (χ0n) is 17.2. The highest BCUT2D eigenvalue weighted by molar-refractivity contribution is 5.82. The van der Waals surface area contributed by atoms with Crippen molar-refractivity contribution in [2.24, 2.45) is 28.3 Å². The van der Waals surface area contributed by atoms with Crippen LogP contribution in [0, 0.1) is 34.8 Å². The second-order valence-corrected chi connectivity index (χ2v) is 9.51. The van der Waals surface area contributed by atoms with Crippen molar-refractivity contribution in [2.75, 3.05) is 19.6 Å². The van der Waals surface area contributed by atoms with E-state index in [4.69, 9.17) is 0 Å². The summed E-state index contributed by atoms with van der Waals surface area (Å²) in [6, 6.07) is 2.86. The molecular weight excluding hydrogens is 392 g/mol. The first-order chi connectivity index (χ1) is 14.1. The lowest BCUT2D eigenvalue weighted by Crippen LogP contribution is -2.39. The van der Waals surface area contributed by atoms with Crippen LogP contribution in [0.2, 0.25) is 0 Å². The van der Waals surface area contributed by atoms with Crippen molar-refractivity contribution in [3.63, 3.8) is 0 Å². The number of fused-ring (bicyclic) bond motifs is 1. The van der Waals surface area contributed by atoms with E-state index in [0.29, 0.717) is 30.4 Å². The van der Waals surface area contributed by atoms with Crippen LogP contribution in [-0.4, -0.2) is 52.7 Å². The number of aliphatic carboxylic acids is 1. The second-order valence-electron chi connectivity index (χ2n) is 9.51. The number of halogens is 2. The fourth-order valence-electron chi connectivity index (χ4n) is 5.21. The molecule has 2 aliphatic heterocycles. The van der Waals surface area contributed by atoms with Crippen molar-refractivity contribution in [1.82, 2.24) is 9.91 Å². The smallest absolute Gasteiger partial charge is 0.310 e. The Balaban J connectivity index is 1.39. The first-order valence-electron chi connectivity index (χ1n) is 10.4. The minimum Gasteiger partial charge on any atom is -0.481 e. The van der Waals surface area contributed by atoms with Crippen LogP contribution in [0.25, 0.3) is 0 Å². The number of hydrogen-bond acceptors (Lipinski definition) is 4. The van der Waals surface area contributed by atoms with E-state index >= 15 is 0 Å². The van der Waals surface area contributed by atoms with Crippen molar-refractivity contribution in [3.8, 4) is 0 Å². The number of carboxylic acids is 1. The SMILES string of the molecule is CC(C)(CN1CC2CC(C(=O)N3N=CCC3c3cc(F)cc(F)c3)CC2C1)C(=O)O. The van der Waals surface area contributed by atoms with E-state index in [1.807, 2.05) is 0 Å². The number of carboxylic acid groups (broad SMARTS) is 1. The molecule has 0 aromatic heterocycles. The molecule has 4 rings (SSSR count). The molecule has 6 nitrogen and oxygen atoms in total. The van der Waals surface area contributed by atoms with Crippen molar-refractivity contribution in [1.29, 1.82) is 0 Å². The third kappa shape index (κ3) is 3.97. The van der Waals surface area contributed by atoms with E-state index < -0.39 is 29.1 Å². The fourth-order valence-corrected chi connectivity index (χ4v) is 5.21. The van der Waals surface area contributed by atoms with Crippen LogP contribution in [0.1, 0.15) is 44.7 Å². The van der Waals surface area contributed by atoms with Gasteiger partial charge in [-0.2, -0.15) is 5.10 Å². The second kappa shape index (κ2) is 7.72. The summed E-state index contributed by atoms with van der Waals surface area (Å²) in [5.41, 5.74) is -0.385. The number of rotatable bonds is 5. The molecule has 2 heterocycles. The third-order valence-electron chi connectivity index (χ3n) is 6.70. The van der Waals surface area contributed by atoms with Gasteiger partial charge in [-0.1, -0.05) is 0 Å². The quantitative estimate of drug-likeness (QED) is 0.795. The lowest BCUT2D eigenvalue weighted by atomic mass is 9.93. The fraction of sp³-hybridized carbons (Fsp3) is 0.591. The molecule has 0 bridgehead atoms. The van der Waals surface area contributed by atoms with E-state index in [1.54, 1.807) is 20.1 Å². The highest BCUT2D eigenvalue weighted by atomic mass is 19.1. The van der Waals surface area contributed by atoms with E-state index in [9.17, 15) is 23.5 Å². The normalized spacial score (nSPS) is 28.9. The molecule has 2 fully saturated rings. The van der Waals surface area contributed by atoms with Crippen LogP contribution in [0.3, 0.4) is 0 Å². The first-order valence-corrected chi connectivity index (χ1v) is 10.4. The number of hydrogen-bond donors (Lipinski definition) is 1. The summed E-state index contributed by atoms with van der Waals surface area (Å²) in [6.07, 6.45) is 3.54. The molecule has 3 atom stereocenters. The van der Waals surface area contributed by atoms with Crippen LogP contribution >= 0.6 is 0 Å². The first kappa shape index (κ1) is 20.9. The minimum absolute atomic E-state index is 0.0924. The number of amides is 1. The molecule has 1 N–H and O–H groups in total. The molecule has 8 heteroatoms. The Morgan fingerprint density at radius 1 is 1.13 bits per heavy atom. The summed E-state index contributed by atoms with van der Waals surface area (Å²) >= 11 is 0. The van der Waals surface area contributed by atoms with E-state index in [1.165, 1.54) is 17.1 Å². The molecule has 162 valence electrons. The summed E-state index contributed by atoms with van der Waals surface area (Å²) in [5, 5.41) is 15.0. The maximum atomic E-state index is 13.6. The number of hydrazone groups is 1. The summed E-state index contributed by atoms with van der Waals surface area (Å²) in [6.45, 7) is 5.56. The number of carbonyl (C=O) groups excluding carboxylic acids is 1. The van der Waals surface area contributed by atoms with Crippen LogP contribution in [0.15, 0.2) is 23.3 Å². The van der Waals surface area contributed by atoms with Crippen molar-refractivity contribution < 1.29 is 23.5 Å². The lowest BCUT2D eigenvalue weighted by Gasteiger charge is -2.28. The standard InChI is InChI=1S/C22H27F2N3O3/c1-22(2,21(29)30)12-26-10-15-5-14(6-16(15)11-26)20(28)27-19(3-4-25-27)13-7-17(23)9-18(24)8-13/h4,7-9,14-16,19H,3,5-6,10-12H2,1-2H3,(H,29,30). The van der Waals surface area contributed by atoms with E-state index in [2.05, 4.69) is 10.0 Å². The van der Waals surface area contributed by atoms with Gasteiger partial charge in [-0.15, -0.1) is 0 Å². The zero-order valence-corrected chi connectivity index (χ0v) is 17.2. The molecule has 1 saturated heterocycles. The van der Waals surface area contributed by atoms with Crippen LogP contribution in [0.5, 0.6) is 0 Å². The average molecular weight is 419 g/mol. The average Bonchev–Trinajstić information content (AvgIpc) is 3.34. The van der Waals surface area contributed by atoms with Gasteiger partial charge in [0.15, 0.2) is 0 Å². The zero-order chi connectivity index (χ0) is 21.6. The Morgan fingerprint density at radius 3 is 2.30 bits per heavy atom. The van der Waals surface area contributed by atoms with Crippen LogP contribution in [0.4, 0.5) is 8.78 Å². The van der Waals surface area contributed by atoms with E-state index in [0.717, 1.165) is 32.0 Å². The summed E-state index contributed by atoms with van der Waals surface area (Å²) in [7, 11) is 0. The molecule has 0 radical (unpaired) electrons. The number of benzene rings is 1. The molecule has 1 saturated carbocycles. The molecule has 1 aromatic rings.